The standard InChI is InChI=1S/C18H19NO5S/c1-22-15-9-5-8-14(17(15)23-2)18(21)24-11-16(20)19-12-6-4-7-13(10-12)25-3/h4-10H,11H2,1-3H3,(H,19,20). The monoisotopic (exact) mass is 361 g/mol. The lowest BCUT2D eigenvalue weighted by atomic mass is 10.2. The SMILES string of the molecule is COc1cccc(C(=O)OCC(=O)Nc2cccc(SC)c2)c1OC. The Kier molecular flexibility index (Phi) is 6.71. The van der Waals surface area contributed by atoms with Crippen LogP contribution in [0.1, 0.15) is 10.4 Å². The van der Waals surface area contributed by atoms with Gasteiger partial charge in [-0.1, -0.05) is 12.1 Å². The summed E-state index contributed by atoms with van der Waals surface area (Å²) >= 11 is 1.57. The zero-order valence-corrected chi connectivity index (χ0v) is 15.0. The van der Waals surface area contributed by atoms with Gasteiger partial charge < -0.3 is 19.5 Å². The Morgan fingerprint density at radius 3 is 2.52 bits per heavy atom. The second-order valence-corrected chi connectivity index (χ2v) is 5.78. The van der Waals surface area contributed by atoms with Gasteiger partial charge in [0.15, 0.2) is 18.1 Å². The lowest BCUT2D eigenvalue weighted by Crippen LogP contribution is -2.21. The molecule has 0 saturated carbocycles. The first-order chi connectivity index (χ1) is 12.1. The molecule has 132 valence electrons. The summed E-state index contributed by atoms with van der Waals surface area (Å²) in [6.45, 7) is -0.400. The zero-order chi connectivity index (χ0) is 18.2. The molecule has 0 radical (unpaired) electrons. The summed E-state index contributed by atoms with van der Waals surface area (Å²) in [4.78, 5) is 25.2. The van der Waals surface area contributed by atoms with Crippen molar-refractivity contribution in [3.8, 4) is 11.5 Å². The van der Waals surface area contributed by atoms with Crippen LogP contribution in [0.4, 0.5) is 5.69 Å². The molecule has 1 N–H and O–H groups in total. The lowest BCUT2D eigenvalue weighted by molar-refractivity contribution is -0.119. The number of methoxy groups -OCH3 is 2. The van der Waals surface area contributed by atoms with Gasteiger partial charge in [0.2, 0.25) is 0 Å². The molecule has 0 aliphatic heterocycles. The van der Waals surface area contributed by atoms with Crippen LogP contribution in [0.25, 0.3) is 0 Å². The summed E-state index contributed by atoms with van der Waals surface area (Å²) < 4.78 is 15.4. The molecule has 0 unspecified atom stereocenters. The quantitative estimate of drug-likeness (QED) is 0.603. The highest BCUT2D eigenvalue weighted by Gasteiger charge is 2.18. The Labute approximate surface area is 150 Å². The highest BCUT2D eigenvalue weighted by molar-refractivity contribution is 7.98. The zero-order valence-electron chi connectivity index (χ0n) is 14.2. The molecule has 0 bridgehead atoms. The number of hydrogen-bond acceptors (Lipinski definition) is 6. The molecule has 0 heterocycles. The molecular formula is C18H19NO5S. The lowest BCUT2D eigenvalue weighted by Gasteiger charge is -2.12. The molecule has 0 aliphatic rings. The number of thioether (sulfide) groups is 1. The number of benzene rings is 2. The van der Waals surface area contributed by atoms with Crippen molar-refractivity contribution in [2.24, 2.45) is 0 Å². The molecule has 7 heteroatoms. The first kappa shape index (κ1) is 18.7. The number of anilines is 1. The van der Waals surface area contributed by atoms with Crippen molar-refractivity contribution >= 4 is 29.3 Å². The number of rotatable bonds is 7. The first-order valence-electron chi connectivity index (χ1n) is 7.41. The number of amides is 1. The Hall–Kier alpha value is -2.67. The third kappa shape index (κ3) is 4.90. The number of para-hydroxylation sites is 1. The molecule has 0 aromatic heterocycles. The van der Waals surface area contributed by atoms with Crippen molar-refractivity contribution in [3.63, 3.8) is 0 Å². The van der Waals surface area contributed by atoms with Crippen molar-refractivity contribution in [1.29, 1.82) is 0 Å². The average Bonchev–Trinajstić information content (AvgIpc) is 2.65. The molecule has 0 aliphatic carbocycles. The molecule has 1 amide bonds. The van der Waals surface area contributed by atoms with Crippen molar-refractivity contribution in [1.82, 2.24) is 0 Å². The van der Waals surface area contributed by atoms with Gasteiger partial charge in [0.1, 0.15) is 5.56 Å². The number of hydrogen-bond donors (Lipinski definition) is 1. The first-order valence-corrected chi connectivity index (χ1v) is 8.63. The minimum atomic E-state index is -0.663. The van der Waals surface area contributed by atoms with Gasteiger partial charge in [0.25, 0.3) is 5.91 Å². The summed E-state index contributed by atoms with van der Waals surface area (Å²) in [7, 11) is 2.91. The molecule has 2 rings (SSSR count). The van der Waals surface area contributed by atoms with E-state index in [1.165, 1.54) is 14.2 Å². The van der Waals surface area contributed by atoms with Crippen molar-refractivity contribution in [2.45, 2.75) is 4.90 Å². The summed E-state index contributed by atoms with van der Waals surface area (Å²) in [5.74, 6) is -0.407. The Morgan fingerprint density at radius 2 is 1.84 bits per heavy atom. The molecule has 0 fully saturated rings. The summed E-state index contributed by atoms with van der Waals surface area (Å²) in [5, 5.41) is 2.69. The summed E-state index contributed by atoms with van der Waals surface area (Å²) in [6.07, 6.45) is 1.95. The van der Waals surface area contributed by atoms with Gasteiger partial charge in [0, 0.05) is 10.6 Å². The van der Waals surface area contributed by atoms with Crippen molar-refractivity contribution in [3.05, 3.63) is 48.0 Å². The Bertz CT molecular complexity index is 763. The maximum atomic E-state index is 12.2. The van der Waals surface area contributed by atoms with Gasteiger partial charge in [-0.25, -0.2) is 4.79 Å². The topological polar surface area (TPSA) is 73.9 Å². The van der Waals surface area contributed by atoms with Gasteiger partial charge in [0.05, 0.1) is 14.2 Å². The summed E-state index contributed by atoms with van der Waals surface area (Å²) in [5.41, 5.74) is 0.839. The smallest absolute Gasteiger partial charge is 0.342 e. The molecule has 2 aromatic carbocycles. The molecular weight excluding hydrogens is 342 g/mol. The van der Waals surface area contributed by atoms with Gasteiger partial charge >= 0.3 is 5.97 Å². The van der Waals surface area contributed by atoms with Crippen LogP contribution in [-0.4, -0.2) is 39.0 Å². The normalized spacial score (nSPS) is 10.0. The third-order valence-corrected chi connectivity index (χ3v) is 4.04. The van der Waals surface area contributed by atoms with E-state index in [0.29, 0.717) is 11.4 Å². The third-order valence-electron chi connectivity index (χ3n) is 3.31. The molecule has 6 nitrogen and oxygen atoms in total. The average molecular weight is 361 g/mol. The van der Waals surface area contributed by atoms with Crippen molar-refractivity contribution in [2.75, 3.05) is 32.4 Å². The minimum absolute atomic E-state index is 0.194. The predicted octanol–water partition coefficient (Wildman–Crippen LogP) is 3.22. The van der Waals surface area contributed by atoms with E-state index >= 15 is 0 Å². The van der Waals surface area contributed by atoms with E-state index < -0.39 is 18.5 Å². The largest absolute Gasteiger partial charge is 0.493 e. The fourth-order valence-corrected chi connectivity index (χ4v) is 2.61. The van der Waals surface area contributed by atoms with E-state index in [1.54, 1.807) is 36.0 Å². The molecule has 0 atom stereocenters. The number of esters is 1. The van der Waals surface area contributed by atoms with E-state index in [9.17, 15) is 9.59 Å². The number of carbonyl (C=O) groups excluding carboxylic acids is 2. The number of nitrogens with one attached hydrogen (secondary N) is 1. The van der Waals surface area contributed by atoms with Crippen LogP contribution in [0.3, 0.4) is 0 Å². The van der Waals surface area contributed by atoms with E-state index in [2.05, 4.69) is 5.32 Å². The van der Waals surface area contributed by atoms with Gasteiger partial charge in [-0.05, 0) is 36.6 Å². The fraction of sp³-hybridized carbons (Fsp3) is 0.222. The van der Waals surface area contributed by atoms with Crippen LogP contribution < -0.4 is 14.8 Å². The predicted molar refractivity (Wildman–Crippen MR) is 96.7 cm³/mol. The molecule has 0 saturated heterocycles. The van der Waals surface area contributed by atoms with E-state index in [-0.39, 0.29) is 11.3 Å². The van der Waals surface area contributed by atoms with Gasteiger partial charge in [-0.2, -0.15) is 0 Å². The van der Waals surface area contributed by atoms with Gasteiger partial charge in [-0.3, -0.25) is 4.79 Å². The van der Waals surface area contributed by atoms with Crippen LogP contribution in [0, 0.1) is 0 Å². The van der Waals surface area contributed by atoms with Crippen LogP contribution >= 0.6 is 11.8 Å². The van der Waals surface area contributed by atoms with Crippen LogP contribution in [-0.2, 0) is 9.53 Å². The second kappa shape index (κ2) is 8.98. The van der Waals surface area contributed by atoms with E-state index in [0.717, 1.165) is 4.90 Å². The highest BCUT2D eigenvalue weighted by atomic mass is 32.2. The second-order valence-electron chi connectivity index (χ2n) is 4.90. The number of carbonyl (C=O) groups is 2. The van der Waals surface area contributed by atoms with Crippen LogP contribution in [0.5, 0.6) is 11.5 Å². The Balaban J connectivity index is 1.99. The molecule has 0 spiro atoms. The number of ether oxygens (including phenoxy) is 3. The molecule has 2 aromatic rings. The molecule has 25 heavy (non-hydrogen) atoms. The van der Waals surface area contributed by atoms with E-state index in [1.807, 2.05) is 24.5 Å². The summed E-state index contributed by atoms with van der Waals surface area (Å²) in [6, 6.07) is 12.3. The van der Waals surface area contributed by atoms with Gasteiger partial charge in [-0.15, -0.1) is 11.8 Å². The Morgan fingerprint density at radius 1 is 1.08 bits per heavy atom. The van der Waals surface area contributed by atoms with E-state index in [4.69, 9.17) is 14.2 Å². The maximum Gasteiger partial charge on any atom is 0.342 e. The maximum absolute atomic E-state index is 12.2. The minimum Gasteiger partial charge on any atom is -0.493 e. The highest BCUT2D eigenvalue weighted by Crippen LogP contribution is 2.31. The van der Waals surface area contributed by atoms with Crippen molar-refractivity contribution < 1.29 is 23.8 Å². The van der Waals surface area contributed by atoms with Crippen LogP contribution in [0.15, 0.2) is 47.4 Å². The van der Waals surface area contributed by atoms with Crippen LogP contribution in [0.2, 0.25) is 0 Å². The fourth-order valence-electron chi connectivity index (χ4n) is 2.15.